The van der Waals surface area contributed by atoms with Crippen molar-refractivity contribution in [1.29, 1.82) is 0 Å². The van der Waals surface area contributed by atoms with Crippen molar-refractivity contribution in [2.45, 2.75) is 84.0 Å². The second kappa shape index (κ2) is 14.8. The summed E-state index contributed by atoms with van der Waals surface area (Å²) < 4.78 is 0. The maximum absolute atomic E-state index is 13.0. The average molecular weight is 487 g/mol. The Kier molecular flexibility index (Phi) is 13.4. The number of primary amides is 2. The van der Waals surface area contributed by atoms with Crippen molar-refractivity contribution >= 4 is 35.5 Å². The molecule has 10 N–H and O–H groups in total. The molecule has 0 aromatic heterocycles. The third-order valence-electron chi connectivity index (χ3n) is 5.23. The van der Waals surface area contributed by atoms with Gasteiger partial charge in [0.1, 0.15) is 18.1 Å². The van der Waals surface area contributed by atoms with E-state index in [4.69, 9.17) is 17.2 Å². The predicted molar refractivity (Wildman–Crippen MR) is 123 cm³/mol. The van der Waals surface area contributed by atoms with Crippen molar-refractivity contribution in [1.82, 2.24) is 16.0 Å². The molecule has 5 amide bonds. The second-order valence-corrected chi connectivity index (χ2v) is 8.74. The van der Waals surface area contributed by atoms with E-state index in [1.54, 1.807) is 6.92 Å². The molecule has 0 aromatic carbocycles. The van der Waals surface area contributed by atoms with E-state index in [0.717, 1.165) is 0 Å². The maximum atomic E-state index is 13.0. The van der Waals surface area contributed by atoms with Crippen LogP contribution >= 0.6 is 0 Å². The van der Waals surface area contributed by atoms with Gasteiger partial charge in [-0.15, -0.1) is 0 Å². The molecule has 0 aliphatic carbocycles. The Morgan fingerprint density at radius 1 is 0.794 bits per heavy atom. The van der Waals surface area contributed by atoms with Crippen molar-refractivity contribution < 1.29 is 33.9 Å². The van der Waals surface area contributed by atoms with Crippen molar-refractivity contribution in [3.63, 3.8) is 0 Å². The van der Waals surface area contributed by atoms with E-state index in [0.29, 0.717) is 6.42 Å². The largest absolute Gasteiger partial charge is 0.480 e. The van der Waals surface area contributed by atoms with Gasteiger partial charge in [-0.25, -0.2) is 4.79 Å². The Morgan fingerprint density at radius 3 is 1.74 bits per heavy atom. The van der Waals surface area contributed by atoms with E-state index in [2.05, 4.69) is 16.0 Å². The van der Waals surface area contributed by atoms with Crippen LogP contribution < -0.4 is 33.2 Å². The fourth-order valence-electron chi connectivity index (χ4n) is 2.98. The van der Waals surface area contributed by atoms with Gasteiger partial charge in [0.2, 0.25) is 29.5 Å². The minimum atomic E-state index is -1.63. The van der Waals surface area contributed by atoms with E-state index in [9.17, 15) is 33.9 Å². The lowest BCUT2D eigenvalue weighted by Crippen LogP contribution is -2.58. The topological polar surface area (TPSA) is 237 Å². The highest BCUT2D eigenvalue weighted by Crippen LogP contribution is 2.10. The SMILES string of the molecule is CCC(C)C(N)C(=O)NC(CC(C)C)C(=O)NC(CCC(N)=O)C(=O)NC(CC(N)=O)C(=O)O. The molecule has 5 unspecified atom stereocenters. The Balaban J connectivity index is 5.63. The standard InChI is InChI=1S/C21H38N6O7/c1-5-11(4)17(24)20(32)26-13(8-10(2)3)19(31)25-12(6-7-15(22)28)18(30)27-14(21(33)34)9-16(23)29/h10-14,17H,5-9,24H2,1-4H3,(H2,22,28)(H2,23,29)(H,25,31)(H,26,32)(H,27,30)(H,33,34). The summed E-state index contributed by atoms with van der Waals surface area (Å²) in [5.74, 6) is -5.54. The van der Waals surface area contributed by atoms with E-state index < -0.39 is 66.1 Å². The lowest BCUT2D eigenvalue weighted by atomic mass is 9.97. The van der Waals surface area contributed by atoms with Crippen LogP contribution in [-0.4, -0.2) is 64.8 Å². The minimum Gasteiger partial charge on any atom is -0.480 e. The van der Waals surface area contributed by atoms with Gasteiger partial charge in [-0.2, -0.15) is 0 Å². The fourth-order valence-corrected chi connectivity index (χ4v) is 2.98. The number of carboxylic acid groups (broad SMARTS) is 1. The van der Waals surface area contributed by atoms with Crippen LogP contribution in [0.1, 0.15) is 59.8 Å². The van der Waals surface area contributed by atoms with E-state index >= 15 is 0 Å². The molecule has 0 saturated carbocycles. The van der Waals surface area contributed by atoms with Crippen molar-refractivity contribution in [3.8, 4) is 0 Å². The maximum Gasteiger partial charge on any atom is 0.326 e. The number of nitrogens with one attached hydrogen (secondary N) is 3. The van der Waals surface area contributed by atoms with Crippen LogP contribution in [-0.2, 0) is 28.8 Å². The first-order chi connectivity index (χ1) is 15.7. The Bertz CT molecular complexity index is 758. The van der Waals surface area contributed by atoms with Crippen LogP contribution in [0.2, 0.25) is 0 Å². The van der Waals surface area contributed by atoms with Crippen molar-refractivity contribution in [3.05, 3.63) is 0 Å². The van der Waals surface area contributed by atoms with Gasteiger partial charge in [0.15, 0.2) is 0 Å². The Hall–Kier alpha value is -3.22. The molecule has 194 valence electrons. The first kappa shape index (κ1) is 30.8. The molecule has 0 aromatic rings. The zero-order valence-electron chi connectivity index (χ0n) is 20.1. The molecule has 34 heavy (non-hydrogen) atoms. The number of aliphatic carboxylic acids is 1. The monoisotopic (exact) mass is 486 g/mol. The molecular weight excluding hydrogens is 448 g/mol. The van der Waals surface area contributed by atoms with Gasteiger partial charge in [-0.3, -0.25) is 24.0 Å². The van der Waals surface area contributed by atoms with E-state index in [1.807, 2.05) is 20.8 Å². The predicted octanol–water partition coefficient (Wildman–Crippen LogP) is -1.91. The van der Waals surface area contributed by atoms with Gasteiger partial charge < -0.3 is 38.3 Å². The molecular formula is C21H38N6O7. The molecule has 0 aliphatic rings. The van der Waals surface area contributed by atoms with E-state index in [1.165, 1.54) is 0 Å². The molecule has 0 rings (SSSR count). The Labute approximate surface area is 198 Å². The van der Waals surface area contributed by atoms with Crippen LogP contribution in [0.4, 0.5) is 0 Å². The summed E-state index contributed by atoms with van der Waals surface area (Å²) >= 11 is 0. The van der Waals surface area contributed by atoms with Crippen LogP contribution in [0.25, 0.3) is 0 Å². The molecule has 13 heteroatoms. The lowest BCUT2D eigenvalue weighted by Gasteiger charge is -2.26. The first-order valence-corrected chi connectivity index (χ1v) is 11.2. The molecule has 0 spiro atoms. The molecule has 0 bridgehead atoms. The third-order valence-corrected chi connectivity index (χ3v) is 5.23. The fraction of sp³-hybridized carbons (Fsp3) is 0.714. The van der Waals surface area contributed by atoms with Gasteiger partial charge in [0.25, 0.3) is 0 Å². The zero-order valence-corrected chi connectivity index (χ0v) is 20.1. The van der Waals surface area contributed by atoms with Crippen LogP contribution in [0.3, 0.4) is 0 Å². The summed E-state index contributed by atoms with van der Waals surface area (Å²) in [5.41, 5.74) is 16.1. The molecule has 0 radical (unpaired) electrons. The highest BCUT2D eigenvalue weighted by molar-refractivity contribution is 5.95. The molecule has 0 aliphatic heterocycles. The molecule has 0 saturated heterocycles. The number of carbonyl (C=O) groups excluding carboxylic acids is 5. The van der Waals surface area contributed by atoms with Gasteiger partial charge >= 0.3 is 5.97 Å². The summed E-state index contributed by atoms with van der Waals surface area (Å²) in [6, 6.07) is -4.86. The number of hydrogen-bond donors (Lipinski definition) is 7. The molecule has 0 heterocycles. The van der Waals surface area contributed by atoms with Gasteiger partial charge in [0.05, 0.1) is 12.5 Å². The van der Waals surface area contributed by atoms with Crippen molar-refractivity contribution in [2.75, 3.05) is 0 Å². The Morgan fingerprint density at radius 2 is 1.29 bits per heavy atom. The summed E-state index contributed by atoms with van der Waals surface area (Å²) in [6.45, 7) is 7.34. The third kappa shape index (κ3) is 11.6. The van der Waals surface area contributed by atoms with Gasteiger partial charge in [0, 0.05) is 6.42 Å². The minimum absolute atomic E-state index is 0.0132. The highest BCUT2D eigenvalue weighted by Gasteiger charge is 2.31. The smallest absolute Gasteiger partial charge is 0.326 e. The van der Waals surface area contributed by atoms with E-state index in [-0.39, 0.29) is 31.1 Å². The molecule has 13 nitrogen and oxygen atoms in total. The number of amides is 5. The average Bonchev–Trinajstić information content (AvgIpc) is 2.73. The van der Waals surface area contributed by atoms with Gasteiger partial charge in [-0.1, -0.05) is 34.1 Å². The summed E-state index contributed by atoms with van der Waals surface area (Å²) in [4.78, 5) is 71.9. The highest BCUT2D eigenvalue weighted by atomic mass is 16.4. The second-order valence-electron chi connectivity index (χ2n) is 8.74. The zero-order chi connectivity index (χ0) is 26.6. The van der Waals surface area contributed by atoms with Crippen molar-refractivity contribution in [2.24, 2.45) is 29.0 Å². The lowest BCUT2D eigenvalue weighted by molar-refractivity contribution is -0.144. The number of rotatable bonds is 16. The summed E-state index contributed by atoms with van der Waals surface area (Å²) in [6.07, 6.45) is -0.302. The number of carbonyl (C=O) groups is 6. The van der Waals surface area contributed by atoms with Crippen LogP contribution in [0, 0.1) is 11.8 Å². The van der Waals surface area contributed by atoms with Gasteiger partial charge in [-0.05, 0) is 24.7 Å². The first-order valence-electron chi connectivity index (χ1n) is 11.2. The number of hydrogen-bond acceptors (Lipinski definition) is 7. The molecule has 0 fully saturated rings. The normalized spacial score (nSPS) is 15.4. The number of carboxylic acids is 1. The summed E-state index contributed by atoms with van der Waals surface area (Å²) in [7, 11) is 0. The summed E-state index contributed by atoms with van der Waals surface area (Å²) in [5, 5.41) is 16.4. The molecule has 5 atom stereocenters. The van der Waals surface area contributed by atoms with Crippen LogP contribution in [0.5, 0.6) is 0 Å². The number of nitrogens with two attached hydrogens (primary N) is 3. The quantitative estimate of drug-likeness (QED) is 0.129. The van der Waals surface area contributed by atoms with Crippen LogP contribution in [0.15, 0.2) is 0 Å².